The van der Waals surface area contributed by atoms with E-state index in [0.717, 1.165) is 16.8 Å². The summed E-state index contributed by atoms with van der Waals surface area (Å²) < 4.78 is 0. The van der Waals surface area contributed by atoms with Crippen LogP contribution in [0.5, 0.6) is 0 Å². The van der Waals surface area contributed by atoms with Crippen LogP contribution in [0.4, 0.5) is 17.6 Å². The highest BCUT2D eigenvalue weighted by molar-refractivity contribution is 7.99. The molecule has 1 amide bonds. The molecule has 0 unspecified atom stereocenters. The van der Waals surface area contributed by atoms with Gasteiger partial charge >= 0.3 is 0 Å². The van der Waals surface area contributed by atoms with Crippen molar-refractivity contribution in [3.63, 3.8) is 0 Å². The number of aryl methyl sites for hydroxylation is 1. The van der Waals surface area contributed by atoms with Crippen molar-refractivity contribution in [3.8, 4) is 0 Å². The molecule has 156 valence electrons. The summed E-state index contributed by atoms with van der Waals surface area (Å²) in [6.07, 6.45) is 0. The van der Waals surface area contributed by atoms with Crippen molar-refractivity contribution in [2.24, 2.45) is 0 Å². The fraction of sp³-hybridized carbons (Fsp3) is 0.238. The lowest BCUT2D eigenvalue weighted by Gasteiger charge is -2.13. The van der Waals surface area contributed by atoms with Gasteiger partial charge in [0.15, 0.2) is 0 Å². The van der Waals surface area contributed by atoms with E-state index >= 15 is 0 Å². The maximum absolute atomic E-state index is 12.4. The zero-order valence-electron chi connectivity index (χ0n) is 16.7. The third-order valence-corrected chi connectivity index (χ3v) is 5.76. The molecule has 0 aliphatic heterocycles. The molecule has 0 saturated carbocycles. The van der Waals surface area contributed by atoms with Gasteiger partial charge in [-0.1, -0.05) is 47.5 Å². The zero-order valence-corrected chi connectivity index (χ0v) is 18.3. The Morgan fingerprint density at radius 1 is 1.13 bits per heavy atom. The molecule has 0 aliphatic rings. The topological polar surface area (TPSA) is 106 Å². The van der Waals surface area contributed by atoms with E-state index in [1.807, 2.05) is 56.3 Å². The molecule has 9 heteroatoms. The predicted octanol–water partition coefficient (Wildman–Crippen LogP) is 4.10. The minimum absolute atomic E-state index is 0.0834. The van der Waals surface area contributed by atoms with Gasteiger partial charge in [0.05, 0.1) is 11.0 Å². The molecule has 0 fully saturated rings. The number of nitrogen functional groups attached to an aromatic ring is 1. The monoisotopic (exact) mass is 442 g/mol. The fourth-order valence-corrected chi connectivity index (χ4v) is 3.53. The Balaban J connectivity index is 1.55. The van der Waals surface area contributed by atoms with Crippen molar-refractivity contribution < 1.29 is 4.79 Å². The quantitative estimate of drug-likeness (QED) is 0.482. The van der Waals surface area contributed by atoms with Crippen LogP contribution in [0.25, 0.3) is 0 Å². The Bertz CT molecular complexity index is 1010. The summed E-state index contributed by atoms with van der Waals surface area (Å²) in [4.78, 5) is 25.1. The van der Waals surface area contributed by atoms with Gasteiger partial charge in [-0.2, -0.15) is 15.0 Å². The van der Waals surface area contributed by atoms with Crippen molar-refractivity contribution in [3.05, 3.63) is 70.5 Å². The van der Waals surface area contributed by atoms with Crippen LogP contribution in [0, 0.1) is 6.92 Å². The number of amides is 1. The van der Waals surface area contributed by atoms with Gasteiger partial charge in [0.2, 0.25) is 17.8 Å². The van der Waals surface area contributed by atoms with Crippen molar-refractivity contribution >= 4 is 46.9 Å². The van der Waals surface area contributed by atoms with Gasteiger partial charge < -0.3 is 16.4 Å². The first-order valence-electron chi connectivity index (χ1n) is 9.37. The molecule has 30 heavy (non-hydrogen) atoms. The van der Waals surface area contributed by atoms with Crippen LogP contribution in [0.1, 0.15) is 23.9 Å². The van der Waals surface area contributed by atoms with E-state index in [-0.39, 0.29) is 17.1 Å². The number of thioether (sulfide) groups is 1. The number of aromatic nitrogens is 3. The number of halogens is 1. The van der Waals surface area contributed by atoms with Gasteiger partial charge in [-0.3, -0.25) is 4.79 Å². The smallest absolute Gasteiger partial charge is 0.233 e. The molecule has 1 heterocycles. The first-order valence-corrected chi connectivity index (χ1v) is 10.8. The van der Waals surface area contributed by atoms with Gasteiger partial charge in [-0.15, -0.1) is 11.8 Å². The normalized spacial score (nSPS) is 11.7. The van der Waals surface area contributed by atoms with Crippen LogP contribution in [-0.2, 0) is 17.1 Å². The number of benzene rings is 2. The average Bonchev–Trinajstić information content (AvgIpc) is 2.72. The number of hydrogen-bond donors (Lipinski definition) is 3. The van der Waals surface area contributed by atoms with Crippen molar-refractivity contribution in [2.45, 2.75) is 31.4 Å². The van der Waals surface area contributed by atoms with Crippen LogP contribution in [0.2, 0.25) is 5.02 Å². The van der Waals surface area contributed by atoms with Gasteiger partial charge in [0.1, 0.15) is 5.82 Å². The van der Waals surface area contributed by atoms with Crippen LogP contribution >= 0.6 is 23.4 Å². The molecule has 2 aromatic carbocycles. The molecule has 0 radical (unpaired) electrons. The van der Waals surface area contributed by atoms with Crippen molar-refractivity contribution in [1.29, 1.82) is 0 Å². The maximum atomic E-state index is 12.4. The summed E-state index contributed by atoms with van der Waals surface area (Å²) >= 11 is 7.55. The highest BCUT2D eigenvalue weighted by Crippen LogP contribution is 2.20. The standard InChI is InChI=1S/C21H23ClN6OS/c1-13-7-9-16(10-8-13)25-21-27-18(26-20(23)28-21)12-30-14(2)19(29)24-11-15-5-3-4-6-17(15)22/h3-10,14H,11-12H2,1-2H3,(H,24,29)(H3,23,25,26,27,28)/t14-/m0/s1. The lowest BCUT2D eigenvalue weighted by atomic mass is 10.2. The van der Waals surface area contributed by atoms with Crippen molar-refractivity contribution in [1.82, 2.24) is 20.3 Å². The van der Waals surface area contributed by atoms with E-state index < -0.39 is 0 Å². The van der Waals surface area contributed by atoms with Crippen molar-refractivity contribution in [2.75, 3.05) is 11.1 Å². The number of anilines is 3. The van der Waals surface area contributed by atoms with Crippen LogP contribution in [0.15, 0.2) is 48.5 Å². The maximum Gasteiger partial charge on any atom is 0.233 e. The molecular weight excluding hydrogens is 420 g/mol. The molecule has 0 bridgehead atoms. The Morgan fingerprint density at radius 2 is 1.87 bits per heavy atom. The molecule has 1 aromatic heterocycles. The molecule has 0 aliphatic carbocycles. The van der Waals surface area contributed by atoms with E-state index in [1.165, 1.54) is 11.8 Å². The molecule has 1 atom stereocenters. The number of nitrogens with zero attached hydrogens (tertiary/aromatic N) is 3. The van der Waals surface area contributed by atoms with Crippen LogP contribution < -0.4 is 16.4 Å². The van der Waals surface area contributed by atoms with E-state index in [4.69, 9.17) is 17.3 Å². The van der Waals surface area contributed by atoms with E-state index in [1.54, 1.807) is 6.07 Å². The summed E-state index contributed by atoms with van der Waals surface area (Å²) in [5.41, 5.74) is 8.72. The molecular formula is C21H23ClN6OS. The number of nitrogens with one attached hydrogen (secondary N) is 2. The summed E-state index contributed by atoms with van der Waals surface area (Å²) in [6, 6.07) is 15.3. The zero-order chi connectivity index (χ0) is 21.5. The van der Waals surface area contributed by atoms with Gasteiger partial charge in [-0.25, -0.2) is 0 Å². The number of nitrogens with two attached hydrogens (primary N) is 1. The SMILES string of the molecule is Cc1ccc(Nc2nc(N)nc(CS[C@@H](C)C(=O)NCc3ccccc3Cl)n2)cc1. The number of carbonyl (C=O) groups is 1. The minimum Gasteiger partial charge on any atom is -0.368 e. The Hall–Kier alpha value is -2.84. The first kappa shape index (κ1) is 21.9. The van der Waals surface area contributed by atoms with Crippen LogP contribution in [-0.4, -0.2) is 26.1 Å². The lowest BCUT2D eigenvalue weighted by Crippen LogP contribution is -2.30. The number of hydrogen-bond acceptors (Lipinski definition) is 7. The number of carbonyl (C=O) groups excluding carboxylic acids is 1. The van der Waals surface area contributed by atoms with E-state index in [9.17, 15) is 4.79 Å². The predicted molar refractivity (Wildman–Crippen MR) is 123 cm³/mol. The van der Waals surface area contributed by atoms with E-state index in [0.29, 0.717) is 29.1 Å². The minimum atomic E-state index is -0.293. The molecule has 0 saturated heterocycles. The Kier molecular flexibility index (Phi) is 7.48. The summed E-state index contributed by atoms with van der Waals surface area (Å²) in [5, 5.41) is 6.36. The second-order valence-corrected chi connectivity index (χ2v) is 8.42. The second-order valence-electron chi connectivity index (χ2n) is 6.69. The molecule has 3 rings (SSSR count). The third-order valence-electron chi connectivity index (χ3n) is 4.25. The Morgan fingerprint density at radius 3 is 2.60 bits per heavy atom. The average molecular weight is 443 g/mol. The largest absolute Gasteiger partial charge is 0.368 e. The second kappa shape index (κ2) is 10.3. The van der Waals surface area contributed by atoms with Crippen LogP contribution in [0.3, 0.4) is 0 Å². The fourth-order valence-electron chi connectivity index (χ4n) is 2.57. The molecule has 7 nitrogen and oxygen atoms in total. The van der Waals surface area contributed by atoms with Gasteiger partial charge in [-0.05, 0) is 37.6 Å². The van der Waals surface area contributed by atoms with E-state index in [2.05, 4.69) is 25.6 Å². The molecule has 0 spiro atoms. The highest BCUT2D eigenvalue weighted by Gasteiger charge is 2.15. The molecule has 3 aromatic rings. The summed E-state index contributed by atoms with van der Waals surface area (Å²) in [5.74, 6) is 1.35. The highest BCUT2D eigenvalue weighted by atomic mass is 35.5. The summed E-state index contributed by atoms with van der Waals surface area (Å²) in [7, 11) is 0. The molecule has 4 N–H and O–H groups in total. The third kappa shape index (κ3) is 6.33. The summed E-state index contributed by atoms with van der Waals surface area (Å²) in [6.45, 7) is 4.24. The Labute approximate surface area is 184 Å². The van der Waals surface area contributed by atoms with Gasteiger partial charge in [0.25, 0.3) is 0 Å². The lowest BCUT2D eigenvalue weighted by molar-refractivity contribution is -0.120. The van der Waals surface area contributed by atoms with Gasteiger partial charge in [0, 0.05) is 17.3 Å². The first-order chi connectivity index (χ1) is 14.4. The number of rotatable bonds is 8.